The van der Waals surface area contributed by atoms with Crippen molar-refractivity contribution >= 4 is 17.2 Å². The third-order valence-electron chi connectivity index (χ3n) is 1.54. The van der Waals surface area contributed by atoms with Crippen molar-refractivity contribution in [2.24, 2.45) is 0 Å². The second kappa shape index (κ2) is 4.82. The van der Waals surface area contributed by atoms with Crippen molar-refractivity contribution < 1.29 is 4.79 Å². The molecule has 1 aromatic heterocycles. The summed E-state index contributed by atoms with van der Waals surface area (Å²) >= 11 is 1.67. The van der Waals surface area contributed by atoms with Crippen LogP contribution < -0.4 is 5.32 Å². The molecule has 0 saturated carbocycles. The lowest BCUT2D eigenvalue weighted by Gasteiger charge is -1.97. The molecule has 0 aliphatic heterocycles. The Hall–Kier alpha value is -1.09. The summed E-state index contributed by atoms with van der Waals surface area (Å²) in [6, 6.07) is 2.08. The van der Waals surface area contributed by atoms with E-state index in [0.717, 1.165) is 0 Å². The molecular weight excluding hydrogens is 182 g/mol. The minimum atomic E-state index is -0.0337. The lowest BCUT2D eigenvalue weighted by molar-refractivity contribution is -0.116. The molecule has 0 fully saturated rings. The van der Waals surface area contributed by atoms with Crippen molar-refractivity contribution in [2.45, 2.75) is 20.4 Å². The highest BCUT2D eigenvalue weighted by molar-refractivity contribution is 7.10. The van der Waals surface area contributed by atoms with Gasteiger partial charge in [-0.1, -0.05) is 6.08 Å². The molecule has 0 aliphatic carbocycles. The summed E-state index contributed by atoms with van der Waals surface area (Å²) in [7, 11) is 0. The van der Waals surface area contributed by atoms with Crippen LogP contribution in [0.4, 0.5) is 0 Å². The third kappa shape index (κ3) is 3.42. The molecule has 1 aromatic rings. The summed E-state index contributed by atoms with van der Waals surface area (Å²) in [6.07, 6.45) is 3.26. The van der Waals surface area contributed by atoms with Crippen LogP contribution in [0.5, 0.6) is 0 Å². The lowest BCUT2D eigenvalue weighted by atomic mass is 10.3. The van der Waals surface area contributed by atoms with Crippen LogP contribution in [0.3, 0.4) is 0 Å². The largest absolute Gasteiger partial charge is 0.348 e. The van der Waals surface area contributed by atoms with Crippen LogP contribution in [0, 0.1) is 6.92 Å². The van der Waals surface area contributed by atoms with Gasteiger partial charge in [0.05, 0.1) is 6.54 Å². The van der Waals surface area contributed by atoms with Gasteiger partial charge in [0.25, 0.3) is 0 Å². The maximum Gasteiger partial charge on any atom is 0.243 e. The van der Waals surface area contributed by atoms with E-state index in [2.05, 4.69) is 16.8 Å². The number of rotatable bonds is 3. The van der Waals surface area contributed by atoms with E-state index in [1.807, 2.05) is 13.8 Å². The molecule has 3 heteroatoms. The standard InChI is InChI=1S/C10H13NOS/c1-3-4-10(12)11-6-9-5-8(2)7-13-9/h3-5,7H,6H2,1-2H3,(H,11,12)/b4-3+. The minimum absolute atomic E-state index is 0.0337. The van der Waals surface area contributed by atoms with Crippen LogP contribution >= 0.6 is 11.3 Å². The number of hydrogen-bond donors (Lipinski definition) is 1. The van der Waals surface area contributed by atoms with Gasteiger partial charge in [0.15, 0.2) is 0 Å². The highest BCUT2D eigenvalue weighted by Gasteiger charge is 1.97. The van der Waals surface area contributed by atoms with E-state index in [0.29, 0.717) is 6.54 Å². The summed E-state index contributed by atoms with van der Waals surface area (Å²) in [5.74, 6) is -0.0337. The molecule has 0 unspecified atom stereocenters. The molecule has 2 nitrogen and oxygen atoms in total. The van der Waals surface area contributed by atoms with E-state index in [4.69, 9.17) is 0 Å². The van der Waals surface area contributed by atoms with E-state index in [-0.39, 0.29) is 5.91 Å². The number of allylic oxidation sites excluding steroid dienone is 1. The summed E-state index contributed by atoms with van der Waals surface area (Å²) in [5.41, 5.74) is 1.25. The zero-order chi connectivity index (χ0) is 9.68. The van der Waals surface area contributed by atoms with Crippen molar-refractivity contribution in [3.63, 3.8) is 0 Å². The van der Waals surface area contributed by atoms with Crippen LogP contribution in [0.1, 0.15) is 17.4 Å². The molecule has 0 aliphatic rings. The van der Waals surface area contributed by atoms with Gasteiger partial charge in [0.1, 0.15) is 0 Å². The molecule has 0 atom stereocenters. The van der Waals surface area contributed by atoms with Crippen LogP contribution in [0.25, 0.3) is 0 Å². The second-order valence-electron chi connectivity index (χ2n) is 2.81. The summed E-state index contributed by atoms with van der Waals surface area (Å²) in [6.45, 7) is 4.50. The number of carbonyl (C=O) groups is 1. The highest BCUT2D eigenvalue weighted by Crippen LogP contribution is 2.12. The van der Waals surface area contributed by atoms with Gasteiger partial charge in [-0.25, -0.2) is 0 Å². The first-order chi connectivity index (χ1) is 6.22. The molecule has 0 saturated heterocycles. The van der Waals surface area contributed by atoms with Gasteiger partial charge in [-0.15, -0.1) is 11.3 Å². The van der Waals surface area contributed by atoms with Gasteiger partial charge >= 0.3 is 0 Å². The zero-order valence-corrected chi connectivity index (χ0v) is 8.65. The predicted molar refractivity (Wildman–Crippen MR) is 55.7 cm³/mol. The van der Waals surface area contributed by atoms with Gasteiger partial charge in [0.2, 0.25) is 5.91 Å². The van der Waals surface area contributed by atoms with Crippen LogP contribution in [0.2, 0.25) is 0 Å². The number of amides is 1. The molecular formula is C10H13NOS. The third-order valence-corrected chi connectivity index (χ3v) is 2.59. The predicted octanol–water partition coefficient (Wildman–Crippen LogP) is 2.25. The Morgan fingerprint density at radius 1 is 1.69 bits per heavy atom. The lowest BCUT2D eigenvalue weighted by Crippen LogP contribution is -2.19. The van der Waals surface area contributed by atoms with Gasteiger partial charge in [-0.2, -0.15) is 0 Å². The van der Waals surface area contributed by atoms with Crippen LogP contribution in [0.15, 0.2) is 23.6 Å². The van der Waals surface area contributed by atoms with Crippen molar-refractivity contribution in [1.29, 1.82) is 0 Å². The van der Waals surface area contributed by atoms with E-state index in [1.54, 1.807) is 17.4 Å². The highest BCUT2D eigenvalue weighted by atomic mass is 32.1. The van der Waals surface area contributed by atoms with E-state index >= 15 is 0 Å². The van der Waals surface area contributed by atoms with Crippen molar-refractivity contribution in [3.05, 3.63) is 34.0 Å². The smallest absolute Gasteiger partial charge is 0.243 e. The molecule has 0 bridgehead atoms. The van der Waals surface area contributed by atoms with Gasteiger partial charge in [-0.3, -0.25) is 4.79 Å². The monoisotopic (exact) mass is 195 g/mol. The summed E-state index contributed by atoms with van der Waals surface area (Å²) < 4.78 is 0. The Morgan fingerprint density at radius 2 is 2.46 bits per heavy atom. The molecule has 1 heterocycles. The summed E-state index contributed by atoms with van der Waals surface area (Å²) in [5, 5.41) is 4.88. The summed E-state index contributed by atoms with van der Waals surface area (Å²) in [4.78, 5) is 12.2. The second-order valence-corrected chi connectivity index (χ2v) is 3.80. The SMILES string of the molecule is C/C=C/C(=O)NCc1cc(C)cs1. The van der Waals surface area contributed by atoms with Gasteiger partial charge in [-0.05, 0) is 36.9 Å². The Kier molecular flexibility index (Phi) is 3.71. The molecule has 1 N–H and O–H groups in total. The topological polar surface area (TPSA) is 29.1 Å². The Labute approximate surface area is 82.3 Å². The number of carbonyl (C=O) groups excluding carboxylic acids is 1. The Bertz CT molecular complexity index is 314. The maximum absolute atomic E-state index is 11.0. The number of nitrogens with one attached hydrogen (secondary N) is 1. The zero-order valence-electron chi connectivity index (χ0n) is 7.83. The van der Waals surface area contributed by atoms with Crippen molar-refractivity contribution in [1.82, 2.24) is 5.32 Å². The van der Waals surface area contributed by atoms with Crippen molar-refractivity contribution in [3.8, 4) is 0 Å². The molecule has 70 valence electrons. The molecule has 0 spiro atoms. The normalized spacial score (nSPS) is 10.6. The Balaban J connectivity index is 2.39. The molecule has 1 amide bonds. The van der Waals surface area contributed by atoms with Gasteiger partial charge in [0, 0.05) is 4.88 Å². The molecule has 1 rings (SSSR count). The molecule has 0 aromatic carbocycles. The molecule has 0 radical (unpaired) electrons. The number of thiophene rings is 1. The Morgan fingerprint density at radius 3 is 3.00 bits per heavy atom. The first-order valence-corrected chi connectivity index (χ1v) is 5.05. The average molecular weight is 195 g/mol. The van der Waals surface area contributed by atoms with E-state index in [1.165, 1.54) is 16.5 Å². The first-order valence-electron chi connectivity index (χ1n) is 4.17. The average Bonchev–Trinajstić information content (AvgIpc) is 2.49. The van der Waals surface area contributed by atoms with Crippen molar-refractivity contribution in [2.75, 3.05) is 0 Å². The number of aryl methyl sites for hydroxylation is 1. The maximum atomic E-state index is 11.0. The number of hydrogen-bond acceptors (Lipinski definition) is 2. The minimum Gasteiger partial charge on any atom is -0.348 e. The van der Waals surface area contributed by atoms with E-state index < -0.39 is 0 Å². The first kappa shape index (κ1) is 9.99. The quantitative estimate of drug-likeness (QED) is 0.736. The fourth-order valence-corrected chi connectivity index (χ4v) is 1.78. The van der Waals surface area contributed by atoms with E-state index in [9.17, 15) is 4.79 Å². The van der Waals surface area contributed by atoms with Crippen LogP contribution in [-0.2, 0) is 11.3 Å². The molecule has 13 heavy (non-hydrogen) atoms. The fraction of sp³-hybridized carbons (Fsp3) is 0.300. The van der Waals surface area contributed by atoms with Crippen LogP contribution in [-0.4, -0.2) is 5.91 Å². The van der Waals surface area contributed by atoms with Gasteiger partial charge < -0.3 is 5.32 Å². The fourth-order valence-electron chi connectivity index (χ4n) is 0.968.